The number of sulfonamides is 1. The molecule has 0 radical (unpaired) electrons. The molecule has 0 atom stereocenters. The van der Waals surface area contributed by atoms with E-state index in [9.17, 15) is 17.2 Å². The molecule has 0 fully saturated rings. The van der Waals surface area contributed by atoms with E-state index in [2.05, 4.69) is 11.8 Å². The summed E-state index contributed by atoms with van der Waals surface area (Å²) in [6.45, 7) is -0.261. The van der Waals surface area contributed by atoms with E-state index < -0.39 is 15.8 Å². The zero-order valence-corrected chi connectivity index (χ0v) is 10.8. The second-order valence-electron chi connectivity index (χ2n) is 3.60. The quantitative estimate of drug-likeness (QED) is 0.797. The van der Waals surface area contributed by atoms with Crippen molar-refractivity contribution in [2.24, 2.45) is 0 Å². The van der Waals surface area contributed by atoms with Crippen LogP contribution in [0.15, 0.2) is 24.3 Å². The second kappa shape index (κ2) is 7.19. The summed E-state index contributed by atoms with van der Waals surface area (Å²) in [5.74, 6) is 2.04. The Bertz CT molecular complexity index is 576. The first-order valence-corrected chi connectivity index (χ1v) is 6.95. The summed E-state index contributed by atoms with van der Waals surface area (Å²) in [5, 5.41) is 8.57. The van der Waals surface area contributed by atoms with Gasteiger partial charge in [0.2, 0.25) is 0 Å². The largest absolute Gasteiger partial charge is 0.395 e. The number of aliphatic hydroxyl groups is 1. The summed E-state index contributed by atoms with van der Waals surface area (Å²) in [7, 11) is -4.58. The lowest BCUT2D eigenvalue weighted by atomic mass is 10.1. The highest BCUT2D eigenvalue weighted by Crippen LogP contribution is 2.07. The predicted molar refractivity (Wildman–Crippen MR) is 66.8 cm³/mol. The van der Waals surface area contributed by atoms with Crippen molar-refractivity contribution in [3.8, 4) is 11.8 Å². The Morgan fingerprint density at radius 2 is 2.11 bits per heavy atom. The van der Waals surface area contributed by atoms with Crippen LogP contribution in [0, 0.1) is 11.8 Å². The fraction of sp³-hybridized carbons (Fsp3) is 0.333. The van der Waals surface area contributed by atoms with Crippen LogP contribution in [0.5, 0.6) is 0 Å². The molecule has 2 N–H and O–H groups in total. The number of alkyl halides is 2. The zero-order chi connectivity index (χ0) is 14.3. The maximum absolute atomic E-state index is 12.1. The molecular formula is C12H13F2NO3S. The highest BCUT2D eigenvalue weighted by Gasteiger charge is 2.22. The predicted octanol–water partition coefficient (Wildman–Crippen LogP) is 1.06. The van der Waals surface area contributed by atoms with Crippen molar-refractivity contribution in [1.29, 1.82) is 0 Å². The Labute approximate surface area is 110 Å². The van der Waals surface area contributed by atoms with Gasteiger partial charge in [0.15, 0.2) is 0 Å². The zero-order valence-electron chi connectivity index (χ0n) is 9.94. The van der Waals surface area contributed by atoms with Crippen LogP contribution in [-0.2, 0) is 16.6 Å². The molecule has 0 aliphatic carbocycles. The molecule has 4 nitrogen and oxygen atoms in total. The van der Waals surface area contributed by atoms with Gasteiger partial charge in [-0.3, -0.25) is 0 Å². The van der Waals surface area contributed by atoms with Gasteiger partial charge in [0.05, 0.1) is 6.61 Å². The molecule has 0 aliphatic rings. The van der Waals surface area contributed by atoms with E-state index in [1.165, 1.54) is 0 Å². The highest BCUT2D eigenvalue weighted by molar-refractivity contribution is 7.89. The van der Waals surface area contributed by atoms with E-state index in [0.29, 0.717) is 17.5 Å². The van der Waals surface area contributed by atoms with E-state index in [-0.39, 0.29) is 13.2 Å². The number of benzene rings is 1. The minimum Gasteiger partial charge on any atom is -0.395 e. The maximum atomic E-state index is 12.1. The SMILES string of the molecule is O=S(=O)(NCc1cccc(C#CCCO)c1)C(F)F. The smallest absolute Gasteiger partial charge is 0.350 e. The van der Waals surface area contributed by atoms with Gasteiger partial charge in [-0.25, -0.2) is 13.1 Å². The van der Waals surface area contributed by atoms with Gasteiger partial charge >= 0.3 is 5.76 Å². The Balaban J connectivity index is 2.71. The summed E-state index contributed by atoms with van der Waals surface area (Å²) in [6, 6.07) is 6.55. The monoisotopic (exact) mass is 289 g/mol. The first kappa shape index (κ1) is 15.6. The standard InChI is InChI=1S/C12H13F2NO3S/c13-12(14)19(17,18)15-9-11-6-3-5-10(8-11)4-1-2-7-16/h3,5-6,8,12,15-16H,2,7,9H2. The molecule has 104 valence electrons. The average molecular weight is 289 g/mol. The van der Waals surface area contributed by atoms with Crippen molar-refractivity contribution in [1.82, 2.24) is 4.72 Å². The van der Waals surface area contributed by atoms with Crippen LogP contribution in [-0.4, -0.2) is 25.9 Å². The molecule has 0 amide bonds. The molecular weight excluding hydrogens is 276 g/mol. The van der Waals surface area contributed by atoms with E-state index in [1.807, 2.05) is 0 Å². The summed E-state index contributed by atoms with van der Waals surface area (Å²) in [5.41, 5.74) is 1.15. The molecule has 0 aromatic heterocycles. The minimum absolute atomic E-state index is 0.0408. The van der Waals surface area contributed by atoms with Crippen molar-refractivity contribution in [3.05, 3.63) is 35.4 Å². The minimum atomic E-state index is -4.58. The van der Waals surface area contributed by atoms with Gasteiger partial charge in [0, 0.05) is 18.5 Å². The first-order chi connectivity index (χ1) is 8.95. The van der Waals surface area contributed by atoms with Gasteiger partial charge in [-0.2, -0.15) is 8.78 Å². The molecule has 0 unspecified atom stereocenters. The van der Waals surface area contributed by atoms with Gasteiger partial charge in [-0.15, -0.1) is 0 Å². The van der Waals surface area contributed by atoms with Crippen LogP contribution >= 0.6 is 0 Å². The second-order valence-corrected chi connectivity index (χ2v) is 5.34. The number of rotatable bonds is 5. The fourth-order valence-electron chi connectivity index (χ4n) is 1.23. The van der Waals surface area contributed by atoms with Crippen molar-refractivity contribution in [2.45, 2.75) is 18.7 Å². The third kappa shape index (κ3) is 5.34. The van der Waals surface area contributed by atoms with Crippen molar-refractivity contribution >= 4 is 10.0 Å². The van der Waals surface area contributed by atoms with Gasteiger partial charge in [0.1, 0.15) is 0 Å². The lowest BCUT2D eigenvalue weighted by Gasteiger charge is -2.05. The summed E-state index contributed by atoms with van der Waals surface area (Å²) in [6.07, 6.45) is 0.336. The molecule has 0 spiro atoms. The molecule has 19 heavy (non-hydrogen) atoms. The molecule has 1 aromatic rings. The summed E-state index contributed by atoms with van der Waals surface area (Å²) < 4.78 is 47.8. The van der Waals surface area contributed by atoms with E-state index in [1.54, 1.807) is 29.0 Å². The Morgan fingerprint density at radius 1 is 1.37 bits per heavy atom. The molecule has 7 heteroatoms. The fourth-order valence-corrected chi connectivity index (χ4v) is 1.72. The lowest BCUT2D eigenvalue weighted by Crippen LogP contribution is -2.28. The van der Waals surface area contributed by atoms with E-state index in [0.717, 1.165) is 0 Å². The lowest BCUT2D eigenvalue weighted by molar-refractivity contribution is 0.232. The van der Waals surface area contributed by atoms with Crippen LogP contribution in [0.3, 0.4) is 0 Å². The van der Waals surface area contributed by atoms with Gasteiger partial charge in [-0.05, 0) is 17.7 Å². The van der Waals surface area contributed by atoms with Crippen LogP contribution in [0.25, 0.3) is 0 Å². The third-order valence-electron chi connectivity index (χ3n) is 2.11. The molecule has 1 aromatic carbocycles. The normalized spacial score (nSPS) is 11.2. The Morgan fingerprint density at radius 3 is 2.74 bits per heavy atom. The molecule has 0 aliphatic heterocycles. The number of hydrogen-bond donors (Lipinski definition) is 2. The van der Waals surface area contributed by atoms with Crippen LogP contribution in [0.1, 0.15) is 17.5 Å². The topological polar surface area (TPSA) is 66.4 Å². The summed E-state index contributed by atoms with van der Waals surface area (Å²) >= 11 is 0. The van der Waals surface area contributed by atoms with Gasteiger partial charge < -0.3 is 5.11 Å². The van der Waals surface area contributed by atoms with Crippen molar-refractivity contribution < 1.29 is 22.3 Å². The maximum Gasteiger partial charge on any atom is 0.350 e. The Kier molecular flexibility index (Phi) is 5.89. The molecule has 0 saturated carbocycles. The molecule has 0 heterocycles. The highest BCUT2D eigenvalue weighted by atomic mass is 32.2. The first-order valence-electron chi connectivity index (χ1n) is 5.41. The molecule has 0 bridgehead atoms. The van der Waals surface area contributed by atoms with E-state index >= 15 is 0 Å². The summed E-state index contributed by atoms with van der Waals surface area (Å²) in [4.78, 5) is 0. The van der Waals surface area contributed by atoms with Crippen LogP contribution in [0.2, 0.25) is 0 Å². The number of halogens is 2. The third-order valence-corrected chi connectivity index (χ3v) is 3.12. The van der Waals surface area contributed by atoms with Crippen LogP contribution < -0.4 is 4.72 Å². The van der Waals surface area contributed by atoms with Crippen molar-refractivity contribution in [3.63, 3.8) is 0 Å². The molecule has 0 saturated heterocycles. The average Bonchev–Trinajstić information content (AvgIpc) is 2.37. The number of aliphatic hydroxyl groups excluding tert-OH is 1. The van der Waals surface area contributed by atoms with Crippen LogP contribution in [0.4, 0.5) is 8.78 Å². The van der Waals surface area contributed by atoms with Gasteiger partial charge in [-0.1, -0.05) is 24.0 Å². The van der Waals surface area contributed by atoms with Gasteiger partial charge in [0.25, 0.3) is 10.0 Å². The van der Waals surface area contributed by atoms with Crippen molar-refractivity contribution in [2.75, 3.05) is 6.61 Å². The number of nitrogens with one attached hydrogen (secondary N) is 1. The molecule has 1 rings (SSSR count). The Hall–Kier alpha value is -1.49. The number of hydrogen-bond acceptors (Lipinski definition) is 3. The van der Waals surface area contributed by atoms with E-state index in [4.69, 9.17) is 5.11 Å².